The highest BCUT2D eigenvalue weighted by atomic mass is 35.5. The summed E-state index contributed by atoms with van der Waals surface area (Å²) in [5.74, 6) is 0.455. The number of fused-ring (bicyclic) bond motifs is 3. The second kappa shape index (κ2) is 7.21. The molecule has 28 heavy (non-hydrogen) atoms. The monoisotopic (exact) mass is 389 g/mol. The van der Waals surface area contributed by atoms with E-state index in [9.17, 15) is 4.79 Å². The highest BCUT2D eigenvalue weighted by Gasteiger charge is 2.10. The minimum atomic E-state index is -0.429. The molecule has 0 amide bonds. The summed E-state index contributed by atoms with van der Waals surface area (Å²) in [7, 11) is 0. The Balaban J connectivity index is 1.68. The van der Waals surface area contributed by atoms with Crippen LogP contribution >= 0.6 is 11.6 Å². The lowest BCUT2D eigenvalue weighted by Crippen LogP contribution is -1.99. The molecular formula is C23H20ClN3O. The molecule has 0 bridgehead atoms. The number of anilines is 1. The van der Waals surface area contributed by atoms with Crippen LogP contribution in [0.4, 0.5) is 5.82 Å². The molecule has 2 aromatic heterocycles. The van der Waals surface area contributed by atoms with Crippen LogP contribution in [0.5, 0.6) is 0 Å². The third-order valence-electron chi connectivity index (χ3n) is 5.12. The first-order chi connectivity index (χ1) is 13.4. The first-order valence-electron chi connectivity index (χ1n) is 9.16. The van der Waals surface area contributed by atoms with E-state index in [1.54, 1.807) is 6.07 Å². The Labute approximate surface area is 168 Å². The van der Waals surface area contributed by atoms with Gasteiger partial charge in [-0.15, -0.1) is 0 Å². The molecule has 5 heteroatoms. The normalized spacial score (nSPS) is 11.2. The van der Waals surface area contributed by atoms with Gasteiger partial charge < -0.3 is 5.73 Å². The van der Waals surface area contributed by atoms with Gasteiger partial charge in [0.2, 0.25) is 0 Å². The fourth-order valence-electron chi connectivity index (χ4n) is 3.58. The number of rotatable bonds is 4. The number of pyridine rings is 2. The summed E-state index contributed by atoms with van der Waals surface area (Å²) in [6.45, 7) is 4.04. The molecule has 0 unspecified atom stereocenters. The Morgan fingerprint density at radius 2 is 1.86 bits per heavy atom. The van der Waals surface area contributed by atoms with Crippen LogP contribution in [0, 0.1) is 13.8 Å². The number of hydrogen-bond donors (Lipinski definition) is 1. The predicted octanol–water partition coefficient (Wildman–Crippen LogP) is 5.15. The van der Waals surface area contributed by atoms with E-state index in [0.29, 0.717) is 11.4 Å². The van der Waals surface area contributed by atoms with E-state index >= 15 is 0 Å². The lowest BCUT2D eigenvalue weighted by Gasteiger charge is -2.10. The van der Waals surface area contributed by atoms with Crippen LogP contribution in [-0.2, 0) is 12.8 Å². The van der Waals surface area contributed by atoms with Gasteiger partial charge in [0.05, 0.1) is 5.52 Å². The first kappa shape index (κ1) is 18.4. The van der Waals surface area contributed by atoms with E-state index in [2.05, 4.69) is 28.2 Å². The van der Waals surface area contributed by atoms with Crippen LogP contribution in [0.1, 0.15) is 32.6 Å². The fourth-order valence-corrected chi connectivity index (χ4v) is 3.69. The van der Waals surface area contributed by atoms with Crippen LogP contribution in [-0.4, -0.2) is 15.2 Å². The maximum Gasteiger partial charge on any atom is 0.252 e. The van der Waals surface area contributed by atoms with Gasteiger partial charge in [-0.3, -0.25) is 9.78 Å². The van der Waals surface area contributed by atoms with Gasteiger partial charge >= 0.3 is 0 Å². The molecule has 0 saturated carbocycles. The number of nitrogens with two attached hydrogens (primary N) is 1. The summed E-state index contributed by atoms with van der Waals surface area (Å²) >= 11 is 5.56. The molecule has 0 aliphatic heterocycles. The zero-order chi connectivity index (χ0) is 19.8. The molecule has 0 spiro atoms. The third-order valence-corrected chi connectivity index (χ3v) is 5.34. The van der Waals surface area contributed by atoms with Crippen molar-refractivity contribution in [3.05, 3.63) is 76.5 Å². The molecule has 0 fully saturated rings. The van der Waals surface area contributed by atoms with Crippen LogP contribution in [0.25, 0.3) is 21.8 Å². The molecule has 0 atom stereocenters. The fraction of sp³-hybridized carbons (Fsp3) is 0.174. The predicted molar refractivity (Wildman–Crippen MR) is 115 cm³/mol. The average molecular weight is 390 g/mol. The molecule has 2 N–H and O–H groups in total. The molecule has 140 valence electrons. The number of aryl methyl sites for hydroxylation is 4. The van der Waals surface area contributed by atoms with Crippen molar-refractivity contribution >= 4 is 44.5 Å². The van der Waals surface area contributed by atoms with E-state index in [1.165, 1.54) is 5.56 Å². The van der Waals surface area contributed by atoms with Gasteiger partial charge in [-0.1, -0.05) is 18.2 Å². The Hall–Kier alpha value is -2.98. The van der Waals surface area contributed by atoms with Gasteiger partial charge in [0.1, 0.15) is 5.52 Å². The van der Waals surface area contributed by atoms with E-state index in [0.717, 1.165) is 51.3 Å². The van der Waals surface area contributed by atoms with E-state index in [4.69, 9.17) is 17.3 Å². The van der Waals surface area contributed by atoms with E-state index in [-0.39, 0.29) is 0 Å². The SMILES string of the molecule is Cc1ccc2c(c1)nc(N)c1ncc(CCc3ccc(C(=O)Cl)cc3C)cc12. The number of nitrogens with zero attached hydrogens (tertiary/aromatic N) is 2. The van der Waals surface area contributed by atoms with Crippen molar-refractivity contribution in [1.82, 2.24) is 9.97 Å². The summed E-state index contributed by atoms with van der Waals surface area (Å²) in [6.07, 6.45) is 3.56. The lowest BCUT2D eigenvalue weighted by atomic mass is 9.98. The third kappa shape index (κ3) is 3.43. The van der Waals surface area contributed by atoms with Crippen molar-refractivity contribution in [3.8, 4) is 0 Å². The van der Waals surface area contributed by atoms with Gasteiger partial charge in [-0.2, -0.15) is 0 Å². The summed E-state index contributed by atoms with van der Waals surface area (Å²) in [5, 5.41) is 1.66. The minimum absolute atomic E-state index is 0.429. The molecule has 4 aromatic rings. The zero-order valence-electron chi connectivity index (χ0n) is 15.8. The molecule has 0 saturated heterocycles. The summed E-state index contributed by atoms with van der Waals surface area (Å²) in [6, 6.07) is 13.9. The highest BCUT2D eigenvalue weighted by Crippen LogP contribution is 2.28. The molecule has 4 nitrogen and oxygen atoms in total. The standard InChI is InChI=1S/C23H20ClN3O/c1-13-3-8-18-19-11-15(12-26-21(19)23(25)27-20(18)9-13)4-5-16-6-7-17(22(24)28)10-14(16)2/h3,6-12H,4-5H2,1-2H3,(H2,25,27). The topological polar surface area (TPSA) is 68.9 Å². The average Bonchev–Trinajstić information content (AvgIpc) is 2.66. The van der Waals surface area contributed by atoms with Crippen LogP contribution < -0.4 is 5.73 Å². The summed E-state index contributed by atoms with van der Waals surface area (Å²) < 4.78 is 0. The molecule has 0 aliphatic carbocycles. The van der Waals surface area contributed by atoms with Crippen LogP contribution in [0.3, 0.4) is 0 Å². The number of nitrogen functional groups attached to an aromatic ring is 1. The van der Waals surface area contributed by atoms with Crippen molar-refractivity contribution in [2.75, 3.05) is 5.73 Å². The number of carbonyl (C=O) groups is 1. The van der Waals surface area contributed by atoms with Gasteiger partial charge in [0, 0.05) is 22.5 Å². The maximum absolute atomic E-state index is 11.3. The van der Waals surface area contributed by atoms with Gasteiger partial charge in [-0.25, -0.2) is 4.98 Å². The number of hydrogen-bond acceptors (Lipinski definition) is 4. The smallest absolute Gasteiger partial charge is 0.252 e. The molecule has 2 aromatic carbocycles. The first-order valence-corrected chi connectivity index (χ1v) is 9.54. The molecular weight excluding hydrogens is 370 g/mol. The van der Waals surface area contributed by atoms with E-state index in [1.807, 2.05) is 38.2 Å². The molecule has 0 radical (unpaired) electrons. The van der Waals surface area contributed by atoms with Crippen molar-refractivity contribution < 1.29 is 4.79 Å². The minimum Gasteiger partial charge on any atom is -0.382 e. The van der Waals surface area contributed by atoms with Crippen molar-refractivity contribution in [3.63, 3.8) is 0 Å². The Morgan fingerprint density at radius 1 is 1.04 bits per heavy atom. The van der Waals surface area contributed by atoms with E-state index < -0.39 is 5.24 Å². The number of carbonyl (C=O) groups excluding carboxylic acids is 1. The quantitative estimate of drug-likeness (QED) is 0.387. The van der Waals surface area contributed by atoms with Crippen LogP contribution in [0.15, 0.2) is 48.7 Å². The zero-order valence-corrected chi connectivity index (χ0v) is 16.5. The van der Waals surface area contributed by atoms with Crippen molar-refractivity contribution in [1.29, 1.82) is 0 Å². The number of benzene rings is 2. The second-order valence-corrected chi connectivity index (χ2v) is 7.52. The van der Waals surface area contributed by atoms with Gasteiger partial charge in [0.25, 0.3) is 5.24 Å². The maximum atomic E-state index is 11.3. The van der Waals surface area contributed by atoms with Gasteiger partial charge in [-0.05, 0) is 84.8 Å². The second-order valence-electron chi connectivity index (χ2n) is 7.17. The number of aromatic nitrogens is 2. The van der Waals surface area contributed by atoms with Crippen LogP contribution in [0.2, 0.25) is 0 Å². The largest absolute Gasteiger partial charge is 0.382 e. The Morgan fingerprint density at radius 3 is 2.61 bits per heavy atom. The molecule has 2 heterocycles. The molecule has 0 aliphatic rings. The number of halogens is 1. The van der Waals surface area contributed by atoms with Crippen molar-refractivity contribution in [2.24, 2.45) is 0 Å². The lowest BCUT2D eigenvalue weighted by molar-refractivity contribution is 0.108. The summed E-state index contributed by atoms with van der Waals surface area (Å²) in [4.78, 5) is 20.4. The highest BCUT2D eigenvalue weighted by molar-refractivity contribution is 6.67. The summed E-state index contributed by atoms with van der Waals surface area (Å²) in [5.41, 5.74) is 12.8. The van der Waals surface area contributed by atoms with Crippen molar-refractivity contribution in [2.45, 2.75) is 26.7 Å². The van der Waals surface area contributed by atoms with Gasteiger partial charge in [0.15, 0.2) is 5.82 Å². The Bertz CT molecular complexity index is 1230. The molecule has 4 rings (SSSR count). The Kier molecular flexibility index (Phi) is 4.73.